The zero-order chi connectivity index (χ0) is 25.7. The van der Waals surface area contributed by atoms with E-state index in [9.17, 15) is 24.0 Å². The molecule has 2 aromatic heterocycles. The smallest absolute Gasteiger partial charge is 0.289 e. The first-order valence-electron chi connectivity index (χ1n) is 11.3. The first-order valence-corrected chi connectivity index (χ1v) is 11.3. The van der Waals surface area contributed by atoms with Crippen molar-refractivity contribution in [1.29, 1.82) is 0 Å². The molecule has 10 heteroatoms. The van der Waals surface area contributed by atoms with E-state index in [4.69, 9.17) is 5.73 Å². The van der Waals surface area contributed by atoms with Crippen molar-refractivity contribution >= 4 is 34.4 Å². The van der Waals surface area contributed by atoms with Crippen LogP contribution in [0.5, 0.6) is 0 Å². The van der Waals surface area contributed by atoms with E-state index < -0.39 is 41.1 Å². The Labute approximate surface area is 201 Å². The lowest BCUT2D eigenvalue weighted by molar-refractivity contribution is -0.140. The number of H-pyrrole nitrogens is 1. The van der Waals surface area contributed by atoms with Crippen LogP contribution in [-0.4, -0.2) is 46.1 Å². The number of nitrogens with zero attached hydrogens (tertiary/aromatic N) is 1. The molecule has 1 aromatic carbocycles. The Kier molecular flexibility index (Phi) is 7.85. The molecule has 3 aromatic rings. The maximum atomic E-state index is 13.6. The molecule has 5 N–H and O–H groups in total. The number of hydrogen-bond donors (Lipinski definition) is 4. The number of amides is 3. The third kappa shape index (κ3) is 5.65. The number of rotatable bonds is 10. The largest absolute Gasteiger partial charge is 0.364 e. The van der Waals surface area contributed by atoms with Gasteiger partial charge in [0.1, 0.15) is 17.8 Å². The fourth-order valence-electron chi connectivity index (χ4n) is 4.07. The molecule has 0 aliphatic heterocycles. The van der Waals surface area contributed by atoms with Crippen molar-refractivity contribution in [2.24, 2.45) is 11.7 Å². The van der Waals surface area contributed by atoms with E-state index in [2.05, 4.69) is 15.6 Å². The summed E-state index contributed by atoms with van der Waals surface area (Å²) in [7, 11) is 1.31. The summed E-state index contributed by atoms with van der Waals surface area (Å²) in [6.07, 6.45) is 1.59. The van der Waals surface area contributed by atoms with Crippen LogP contribution in [0, 0.1) is 5.92 Å². The van der Waals surface area contributed by atoms with Crippen LogP contribution in [0.15, 0.2) is 53.5 Å². The Morgan fingerprint density at radius 2 is 1.80 bits per heavy atom. The monoisotopic (exact) mass is 479 g/mol. The molecule has 0 saturated carbocycles. The number of fused-ring (bicyclic) bond motifs is 1. The van der Waals surface area contributed by atoms with Gasteiger partial charge in [-0.05, 0) is 30.5 Å². The number of primary amides is 1. The minimum atomic E-state index is -1.29. The summed E-state index contributed by atoms with van der Waals surface area (Å²) in [6.45, 7) is 3.85. The van der Waals surface area contributed by atoms with Gasteiger partial charge in [-0.25, -0.2) is 0 Å². The van der Waals surface area contributed by atoms with Crippen molar-refractivity contribution < 1.29 is 19.2 Å². The number of carbonyl (C=O) groups excluding carboxylic acids is 4. The number of aromatic amines is 1. The zero-order valence-electron chi connectivity index (χ0n) is 19.8. The zero-order valence-corrected chi connectivity index (χ0v) is 19.8. The highest BCUT2D eigenvalue weighted by molar-refractivity contribution is 6.38. The Hall–Kier alpha value is -4.21. The van der Waals surface area contributed by atoms with Crippen molar-refractivity contribution in [2.45, 2.75) is 38.8 Å². The van der Waals surface area contributed by atoms with Gasteiger partial charge in [0, 0.05) is 36.1 Å². The quantitative estimate of drug-likeness (QED) is 0.320. The molecule has 0 bridgehead atoms. The minimum Gasteiger partial charge on any atom is -0.364 e. The van der Waals surface area contributed by atoms with E-state index >= 15 is 0 Å². The third-order valence-corrected chi connectivity index (χ3v) is 5.72. The maximum absolute atomic E-state index is 13.6. The van der Waals surface area contributed by atoms with Crippen molar-refractivity contribution in [2.75, 3.05) is 7.05 Å². The highest BCUT2D eigenvalue weighted by Crippen LogP contribution is 2.28. The number of likely N-dealkylation sites (N-methyl/N-ethyl adjacent to an activating group) is 1. The van der Waals surface area contributed by atoms with Crippen molar-refractivity contribution in [1.82, 2.24) is 20.2 Å². The molecule has 0 fully saturated rings. The highest BCUT2D eigenvalue weighted by atomic mass is 16.2. The van der Waals surface area contributed by atoms with Crippen LogP contribution in [0.2, 0.25) is 0 Å². The lowest BCUT2D eigenvalue weighted by atomic mass is 9.99. The summed E-state index contributed by atoms with van der Waals surface area (Å²) in [5.41, 5.74) is 6.23. The Bertz CT molecular complexity index is 1320. The van der Waals surface area contributed by atoms with Gasteiger partial charge in [0.05, 0.1) is 0 Å². The number of pyridine rings is 1. The summed E-state index contributed by atoms with van der Waals surface area (Å²) in [5, 5.41) is 5.65. The molecule has 2 atom stereocenters. The first kappa shape index (κ1) is 25.4. The Morgan fingerprint density at radius 3 is 2.43 bits per heavy atom. The highest BCUT2D eigenvalue weighted by Gasteiger charge is 2.32. The average Bonchev–Trinajstić information content (AvgIpc) is 3.22. The van der Waals surface area contributed by atoms with Gasteiger partial charge in [0.2, 0.25) is 11.7 Å². The lowest BCUT2D eigenvalue weighted by Crippen LogP contribution is -2.50. The molecule has 0 aliphatic rings. The van der Waals surface area contributed by atoms with Crippen molar-refractivity contribution in [3.63, 3.8) is 0 Å². The van der Waals surface area contributed by atoms with E-state index in [1.165, 1.54) is 19.3 Å². The normalized spacial score (nSPS) is 12.8. The Morgan fingerprint density at radius 1 is 1.09 bits per heavy atom. The first-order chi connectivity index (χ1) is 16.6. The number of hydrogen-bond acceptors (Lipinski definition) is 5. The molecule has 0 spiro atoms. The lowest BCUT2D eigenvalue weighted by Gasteiger charge is -2.26. The molecule has 10 nitrogen and oxygen atoms in total. The number of nitrogens with one attached hydrogen (secondary N) is 3. The van der Waals surface area contributed by atoms with Crippen molar-refractivity contribution in [3.8, 4) is 0 Å². The predicted molar refractivity (Wildman–Crippen MR) is 131 cm³/mol. The van der Waals surface area contributed by atoms with Crippen LogP contribution < -0.4 is 21.9 Å². The second-order valence-electron chi connectivity index (χ2n) is 8.70. The molecule has 0 saturated heterocycles. The maximum Gasteiger partial charge on any atom is 0.289 e. The van der Waals surface area contributed by atoms with E-state index in [0.717, 1.165) is 5.39 Å². The molecule has 0 aliphatic carbocycles. The van der Waals surface area contributed by atoms with Gasteiger partial charge in [-0.15, -0.1) is 0 Å². The average molecular weight is 480 g/mol. The summed E-state index contributed by atoms with van der Waals surface area (Å²) >= 11 is 0. The van der Waals surface area contributed by atoms with Gasteiger partial charge in [-0.1, -0.05) is 38.1 Å². The second-order valence-corrected chi connectivity index (χ2v) is 8.70. The fraction of sp³-hybridized carbons (Fsp3) is 0.320. The summed E-state index contributed by atoms with van der Waals surface area (Å²) in [4.78, 5) is 65.6. The van der Waals surface area contributed by atoms with E-state index in [1.807, 2.05) is 26.0 Å². The van der Waals surface area contributed by atoms with Crippen molar-refractivity contribution in [3.05, 3.63) is 70.3 Å². The third-order valence-electron chi connectivity index (χ3n) is 5.72. The summed E-state index contributed by atoms with van der Waals surface area (Å²) < 4.78 is 1.57. The molecular weight excluding hydrogens is 450 g/mol. The number of carbonyl (C=O) groups is 4. The molecule has 3 amide bonds. The Balaban J connectivity index is 2.05. The number of para-hydroxylation sites is 1. The van der Waals surface area contributed by atoms with E-state index in [-0.39, 0.29) is 23.6 Å². The van der Waals surface area contributed by atoms with Crippen LogP contribution in [0.1, 0.15) is 42.4 Å². The molecule has 2 heterocycles. The van der Waals surface area contributed by atoms with Gasteiger partial charge >= 0.3 is 0 Å². The second kappa shape index (κ2) is 10.8. The van der Waals surface area contributed by atoms with Gasteiger partial charge in [-0.2, -0.15) is 0 Å². The SMILES string of the molecule is CNC(=O)C(=O)[C@H](Cc1ccc[nH]c1=O)NC(=O)[C@H](CC(C)C)n1c(C(N)=O)cc2ccccc21. The molecule has 184 valence electrons. The van der Waals surface area contributed by atoms with Gasteiger partial charge in [0.25, 0.3) is 17.4 Å². The predicted octanol–water partition coefficient (Wildman–Crippen LogP) is 1.06. The number of ketones is 1. The summed E-state index contributed by atoms with van der Waals surface area (Å²) in [6, 6.07) is 9.72. The van der Waals surface area contributed by atoms with Gasteiger partial charge in [-0.3, -0.25) is 24.0 Å². The van der Waals surface area contributed by atoms with E-state index in [1.54, 1.807) is 28.8 Å². The number of aromatic nitrogens is 2. The van der Waals surface area contributed by atoms with Gasteiger partial charge in [0.15, 0.2) is 0 Å². The molecule has 35 heavy (non-hydrogen) atoms. The van der Waals surface area contributed by atoms with E-state index in [0.29, 0.717) is 11.9 Å². The molecule has 3 rings (SSSR count). The van der Waals surface area contributed by atoms with Crippen LogP contribution in [0.3, 0.4) is 0 Å². The number of nitrogens with two attached hydrogens (primary N) is 1. The molecule has 0 unspecified atom stereocenters. The topological polar surface area (TPSA) is 156 Å². The number of Topliss-reactive ketones (excluding diaryl/α,β-unsaturated/α-hetero) is 1. The van der Waals surface area contributed by atoms with Crippen LogP contribution in [-0.2, 0) is 20.8 Å². The molecular formula is C25H29N5O5. The van der Waals surface area contributed by atoms with Crippen LogP contribution in [0.4, 0.5) is 0 Å². The molecule has 0 radical (unpaired) electrons. The number of benzene rings is 1. The fourth-order valence-corrected chi connectivity index (χ4v) is 4.07. The summed E-state index contributed by atoms with van der Waals surface area (Å²) in [5.74, 6) is -3.02. The van der Waals surface area contributed by atoms with Crippen LogP contribution in [0.25, 0.3) is 10.9 Å². The minimum absolute atomic E-state index is 0.0395. The standard InChI is InChI=1S/C25H29N5O5/c1-14(2)11-20(30-18-9-5-4-7-15(18)13-19(30)22(26)32)24(34)29-17(21(31)25(35)27-3)12-16-8-6-10-28-23(16)33/h4-10,13-14,17,20H,11-12H2,1-3H3,(H2,26,32)(H,27,35)(H,28,33)(H,29,34)/t17-,20-/m0/s1. The van der Waals surface area contributed by atoms with Gasteiger partial charge < -0.3 is 25.9 Å². The van der Waals surface area contributed by atoms with Crippen LogP contribution >= 0.6 is 0 Å².